The first kappa shape index (κ1) is 21.3. The quantitative estimate of drug-likeness (QED) is 0.235. The van der Waals surface area contributed by atoms with Crippen LogP contribution in [0.5, 0.6) is 0 Å². The molecule has 2 heterocycles. The second-order valence-electron chi connectivity index (χ2n) is 10.1. The number of hydrogen-bond donors (Lipinski definition) is 0. The zero-order chi connectivity index (χ0) is 25.1. The lowest BCUT2D eigenvalue weighted by Gasteiger charge is -2.15. The first-order chi connectivity index (χ1) is 18.9. The van der Waals surface area contributed by atoms with Gasteiger partial charge >= 0.3 is 0 Å². The van der Waals surface area contributed by atoms with Crippen molar-refractivity contribution in [2.24, 2.45) is 0 Å². The van der Waals surface area contributed by atoms with Crippen molar-refractivity contribution in [3.8, 4) is 22.5 Å². The van der Waals surface area contributed by atoms with Gasteiger partial charge in [0.25, 0.3) is 0 Å². The van der Waals surface area contributed by atoms with E-state index in [1.165, 1.54) is 66.5 Å². The molecule has 1 aliphatic carbocycles. The first-order valence-electron chi connectivity index (χ1n) is 13.4. The molecule has 2 aromatic heterocycles. The molecule has 180 valence electrons. The summed E-state index contributed by atoms with van der Waals surface area (Å²) >= 11 is 0. The van der Waals surface area contributed by atoms with Crippen LogP contribution in [-0.4, -0.2) is 9.13 Å². The van der Waals surface area contributed by atoms with Gasteiger partial charge in [0, 0.05) is 38.8 Å². The van der Waals surface area contributed by atoms with Crippen molar-refractivity contribution >= 4 is 38.8 Å². The highest BCUT2D eigenvalue weighted by Gasteiger charge is 2.18. The van der Waals surface area contributed by atoms with Crippen molar-refractivity contribution in [1.29, 1.82) is 0 Å². The van der Waals surface area contributed by atoms with Gasteiger partial charge in [-0.2, -0.15) is 0 Å². The van der Waals surface area contributed by atoms with Crippen LogP contribution in [0.1, 0.15) is 17.7 Å². The van der Waals surface area contributed by atoms with E-state index in [-0.39, 0.29) is 0 Å². The standard InChI is InChI=1S/C36H26N2/c1-5-19-33-29(15-1)30-16-2-6-20-34(30)37(33)27-13-9-11-25(23-27)26-12-10-14-28(24-26)38-35-21-7-3-17-31(35)32-18-4-8-22-36(32)38/h1-7,9-21,23-24H,8,22H2. The molecule has 0 spiro atoms. The van der Waals surface area contributed by atoms with E-state index in [2.05, 4.69) is 143 Å². The van der Waals surface area contributed by atoms with Gasteiger partial charge in [-0.3, -0.25) is 0 Å². The first-order valence-corrected chi connectivity index (χ1v) is 13.4. The van der Waals surface area contributed by atoms with Crippen LogP contribution in [-0.2, 0) is 6.42 Å². The lowest BCUT2D eigenvalue weighted by Crippen LogP contribution is -2.03. The monoisotopic (exact) mass is 486 g/mol. The van der Waals surface area contributed by atoms with Crippen molar-refractivity contribution in [2.75, 3.05) is 0 Å². The summed E-state index contributed by atoms with van der Waals surface area (Å²) in [5, 5.41) is 3.90. The SMILES string of the molecule is C1=Cc2c(n(-c3cccc(-c4cccc(-n5c6ccccc6c6ccccc65)c4)c3)c3ccccc23)CC1. The summed E-state index contributed by atoms with van der Waals surface area (Å²) in [6.45, 7) is 0. The molecule has 0 saturated carbocycles. The van der Waals surface area contributed by atoms with Gasteiger partial charge in [-0.15, -0.1) is 0 Å². The third kappa shape index (κ3) is 3.13. The Morgan fingerprint density at radius 1 is 0.474 bits per heavy atom. The van der Waals surface area contributed by atoms with E-state index in [9.17, 15) is 0 Å². The molecule has 5 aromatic carbocycles. The molecular formula is C36H26N2. The van der Waals surface area contributed by atoms with Gasteiger partial charge in [-0.25, -0.2) is 0 Å². The fraction of sp³-hybridized carbons (Fsp3) is 0.0556. The zero-order valence-corrected chi connectivity index (χ0v) is 21.0. The molecule has 38 heavy (non-hydrogen) atoms. The zero-order valence-electron chi connectivity index (χ0n) is 21.0. The average Bonchev–Trinajstić information content (AvgIpc) is 3.51. The molecule has 1 aliphatic rings. The number of aromatic nitrogens is 2. The van der Waals surface area contributed by atoms with E-state index in [1.807, 2.05) is 0 Å². The molecule has 2 nitrogen and oxygen atoms in total. The molecular weight excluding hydrogens is 460 g/mol. The van der Waals surface area contributed by atoms with E-state index >= 15 is 0 Å². The molecule has 0 bridgehead atoms. The highest BCUT2D eigenvalue weighted by Crippen LogP contribution is 2.36. The maximum atomic E-state index is 2.47. The lowest BCUT2D eigenvalue weighted by molar-refractivity contribution is 0.889. The number of para-hydroxylation sites is 3. The van der Waals surface area contributed by atoms with Crippen LogP contribution in [0, 0.1) is 0 Å². The van der Waals surface area contributed by atoms with Crippen molar-refractivity contribution < 1.29 is 0 Å². The summed E-state index contributed by atoms with van der Waals surface area (Å²) < 4.78 is 4.86. The topological polar surface area (TPSA) is 9.86 Å². The van der Waals surface area contributed by atoms with E-state index in [1.54, 1.807) is 0 Å². The number of hydrogen-bond acceptors (Lipinski definition) is 0. The van der Waals surface area contributed by atoms with Crippen LogP contribution < -0.4 is 0 Å². The van der Waals surface area contributed by atoms with Crippen molar-refractivity contribution in [1.82, 2.24) is 9.13 Å². The Labute approximate surface area is 221 Å². The smallest absolute Gasteiger partial charge is 0.0541 e. The Kier molecular flexibility index (Phi) is 4.68. The van der Waals surface area contributed by atoms with Crippen LogP contribution in [0.15, 0.2) is 127 Å². The fourth-order valence-electron chi connectivity index (χ4n) is 6.32. The van der Waals surface area contributed by atoms with Crippen LogP contribution in [0.3, 0.4) is 0 Å². The van der Waals surface area contributed by atoms with Gasteiger partial charge < -0.3 is 9.13 Å². The highest BCUT2D eigenvalue weighted by atomic mass is 15.0. The Hall–Kier alpha value is -4.82. The molecule has 0 unspecified atom stereocenters. The molecule has 0 saturated heterocycles. The maximum absolute atomic E-state index is 2.47. The van der Waals surface area contributed by atoms with E-state index in [0.29, 0.717) is 0 Å². The molecule has 0 atom stereocenters. The maximum Gasteiger partial charge on any atom is 0.0541 e. The minimum absolute atomic E-state index is 1.06. The second-order valence-corrected chi connectivity index (χ2v) is 10.1. The van der Waals surface area contributed by atoms with Crippen LogP contribution in [0.4, 0.5) is 0 Å². The summed E-state index contributed by atoms with van der Waals surface area (Å²) in [7, 11) is 0. The molecule has 0 N–H and O–H groups in total. The fourth-order valence-corrected chi connectivity index (χ4v) is 6.32. The lowest BCUT2D eigenvalue weighted by atomic mass is 10.0. The highest BCUT2D eigenvalue weighted by molar-refractivity contribution is 6.09. The van der Waals surface area contributed by atoms with Gasteiger partial charge in [-0.05, 0) is 66.4 Å². The van der Waals surface area contributed by atoms with Gasteiger partial charge in [-0.1, -0.05) is 91.0 Å². The molecule has 0 aliphatic heterocycles. The normalized spacial score (nSPS) is 12.9. The van der Waals surface area contributed by atoms with Crippen molar-refractivity contribution in [3.63, 3.8) is 0 Å². The van der Waals surface area contributed by atoms with Gasteiger partial charge in [0.2, 0.25) is 0 Å². The van der Waals surface area contributed by atoms with Gasteiger partial charge in [0.05, 0.1) is 16.6 Å². The van der Waals surface area contributed by atoms with Gasteiger partial charge in [0.1, 0.15) is 0 Å². The number of allylic oxidation sites excluding steroid dienone is 1. The average molecular weight is 487 g/mol. The predicted molar refractivity (Wildman–Crippen MR) is 160 cm³/mol. The third-order valence-electron chi connectivity index (χ3n) is 7.97. The van der Waals surface area contributed by atoms with E-state index in [0.717, 1.165) is 12.8 Å². The number of rotatable bonds is 3. The second kappa shape index (κ2) is 8.36. The molecule has 0 radical (unpaired) electrons. The molecule has 2 heteroatoms. The Morgan fingerprint density at radius 2 is 1.00 bits per heavy atom. The van der Waals surface area contributed by atoms with Gasteiger partial charge in [0.15, 0.2) is 0 Å². The van der Waals surface area contributed by atoms with Crippen molar-refractivity contribution in [3.05, 3.63) is 139 Å². The summed E-state index contributed by atoms with van der Waals surface area (Å²) in [4.78, 5) is 0. The predicted octanol–water partition coefficient (Wildman–Crippen LogP) is 9.35. The Balaban J connectivity index is 1.30. The Bertz CT molecular complexity index is 1980. The summed E-state index contributed by atoms with van der Waals surface area (Å²) in [5.74, 6) is 0. The van der Waals surface area contributed by atoms with Crippen LogP contribution in [0.25, 0.3) is 61.3 Å². The van der Waals surface area contributed by atoms with Crippen molar-refractivity contribution in [2.45, 2.75) is 12.8 Å². The minimum atomic E-state index is 1.06. The van der Waals surface area contributed by atoms with E-state index < -0.39 is 0 Å². The number of nitrogens with zero attached hydrogens (tertiary/aromatic N) is 2. The summed E-state index contributed by atoms with van der Waals surface area (Å²) in [6.07, 6.45) is 6.75. The van der Waals surface area contributed by atoms with Crippen LogP contribution >= 0.6 is 0 Å². The minimum Gasteiger partial charge on any atom is -0.313 e. The van der Waals surface area contributed by atoms with E-state index in [4.69, 9.17) is 0 Å². The number of fused-ring (bicyclic) bond motifs is 6. The number of benzene rings is 5. The molecule has 8 rings (SSSR count). The van der Waals surface area contributed by atoms with Crippen LogP contribution in [0.2, 0.25) is 0 Å². The largest absolute Gasteiger partial charge is 0.313 e. The molecule has 0 amide bonds. The Morgan fingerprint density at radius 3 is 1.63 bits per heavy atom. The molecule has 0 fully saturated rings. The summed E-state index contributed by atoms with van der Waals surface area (Å²) in [5.41, 5.74) is 11.4. The third-order valence-corrected chi connectivity index (χ3v) is 7.97. The summed E-state index contributed by atoms with van der Waals surface area (Å²) in [6, 6.07) is 44.1. The molecule has 7 aromatic rings.